The van der Waals surface area contributed by atoms with Gasteiger partial charge in [0.1, 0.15) is 6.29 Å². The molecule has 0 radical (unpaired) electrons. The lowest BCUT2D eigenvalue weighted by Crippen LogP contribution is -2.45. The van der Waals surface area contributed by atoms with Crippen LogP contribution in [0.1, 0.15) is 78.6 Å². The lowest BCUT2D eigenvalue weighted by Gasteiger charge is -2.52. The van der Waals surface area contributed by atoms with Crippen LogP contribution in [0.2, 0.25) is 0 Å². The second-order valence-corrected chi connectivity index (χ2v) is 8.46. The van der Waals surface area contributed by atoms with E-state index in [1.54, 1.807) is 5.57 Å². The Hall–Kier alpha value is -0.590. The number of hydrogen-bond acceptors (Lipinski definition) is 1. The van der Waals surface area contributed by atoms with Crippen molar-refractivity contribution in [3.05, 3.63) is 11.6 Å². The molecule has 0 aliphatic heterocycles. The average molecular weight is 303 g/mol. The van der Waals surface area contributed by atoms with E-state index in [1.165, 1.54) is 57.7 Å². The normalized spacial score (nSPS) is 44.1. The molecule has 22 heavy (non-hydrogen) atoms. The first-order valence-electron chi connectivity index (χ1n) is 9.79. The highest BCUT2D eigenvalue weighted by atomic mass is 16.1. The third kappa shape index (κ3) is 2.49. The summed E-state index contributed by atoms with van der Waals surface area (Å²) in [4.78, 5) is 11.5. The molecule has 0 spiro atoms. The van der Waals surface area contributed by atoms with Gasteiger partial charge in [-0.2, -0.15) is 0 Å². The summed E-state index contributed by atoms with van der Waals surface area (Å²) in [5, 5.41) is 0. The van der Waals surface area contributed by atoms with Gasteiger partial charge in [-0.25, -0.2) is 0 Å². The molecule has 0 aromatic rings. The van der Waals surface area contributed by atoms with Gasteiger partial charge in [-0.1, -0.05) is 45.3 Å². The smallest absolute Gasteiger partial charge is 0.123 e. The lowest BCUT2D eigenvalue weighted by molar-refractivity contribution is -0.116. The fraction of sp³-hybridized carbons (Fsp3) is 0.857. The second kappa shape index (κ2) is 6.49. The highest BCUT2D eigenvalue weighted by Gasteiger charge is 2.55. The first kappa shape index (κ1) is 16.3. The fourth-order valence-corrected chi connectivity index (χ4v) is 6.42. The predicted octanol–water partition coefficient (Wildman–Crippen LogP) is 5.79. The van der Waals surface area contributed by atoms with Gasteiger partial charge in [0.15, 0.2) is 0 Å². The Morgan fingerprint density at radius 3 is 2.68 bits per heavy atom. The largest absolute Gasteiger partial charge is 0.303 e. The molecule has 2 saturated carbocycles. The predicted molar refractivity (Wildman–Crippen MR) is 92.6 cm³/mol. The van der Waals surface area contributed by atoms with Crippen molar-refractivity contribution in [2.45, 2.75) is 78.6 Å². The second-order valence-electron chi connectivity index (χ2n) is 8.46. The Kier molecular flexibility index (Phi) is 4.80. The molecular formula is C21H34O. The molecule has 0 bridgehead atoms. The van der Waals surface area contributed by atoms with Gasteiger partial charge < -0.3 is 4.79 Å². The summed E-state index contributed by atoms with van der Waals surface area (Å²) in [5.41, 5.74) is 2.09. The summed E-state index contributed by atoms with van der Waals surface area (Å²) in [6, 6.07) is 0. The number of carbonyl (C=O) groups is 1. The number of rotatable bonds is 5. The Balaban J connectivity index is 1.85. The van der Waals surface area contributed by atoms with Crippen LogP contribution >= 0.6 is 0 Å². The average Bonchev–Trinajstić information content (AvgIpc) is 2.86. The van der Waals surface area contributed by atoms with Crippen LogP contribution in [0, 0.1) is 35.0 Å². The van der Waals surface area contributed by atoms with E-state index >= 15 is 0 Å². The van der Waals surface area contributed by atoms with E-state index in [-0.39, 0.29) is 0 Å². The van der Waals surface area contributed by atoms with Crippen molar-refractivity contribution < 1.29 is 4.79 Å². The van der Waals surface area contributed by atoms with Crippen LogP contribution in [-0.4, -0.2) is 6.29 Å². The molecule has 6 unspecified atom stereocenters. The standard InChI is InChI=1S/C21H34O/c1-4-6-15-8-10-19-18(17(15)7-5-2)12-13-21(3)16(14-22)9-11-20(19)21/h8,14,16-20H,4-7,9-13H2,1-3H3. The minimum atomic E-state index is 0.315. The van der Waals surface area contributed by atoms with Crippen molar-refractivity contribution in [2.75, 3.05) is 0 Å². The van der Waals surface area contributed by atoms with E-state index in [0.29, 0.717) is 11.3 Å². The highest BCUT2D eigenvalue weighted by Crippen LogP contribution is 2.62. The van der Waals surface area contributed by atoms with Crippen LogP contribution in [0.25, 0.3) is 0 Å². The van der Waals surface area contributed by atoms with Crippen molar-refractivity contribution in [3.8, 4) is 0 Å². The van der Waals surface area contributed by atoms with Crippen molar-refractivity contribution in [1.82, 2.24) is 0 Å². The Morgan fingerprint density at radius 2 is 2.00 bits per heavy atom. The first-order chi connectivity index (χ1) is 10.7. The number of allylic oxidation sites excluding steroid dienone is 2. The molecule has 0 aromatic heterocycles. The molecular weight excluding hydrogens is 268 g/mol. The quantitative estimate of drug-likeness (QED) is 0.464. The van der Waals surface area contributed by atoms with Crippen LogP contribution in [0.3, 0.4) is 0 Å². The molecule has 0 saturated heterocycles. The van der Waals surface area contributed by atoms with E-state index in [4.69, 9.17) is 0 Å². The van der Waals surface area contributed by atoms with Crippen LogP contribution in [0.15, 0.2) is 11.6 Å². The minimum absolute atomic E-state index is 0.315. The molecule has 124 valence electrons. The monoisotopic (exact) mass is 302 g/mol. The molecule has 3 aliphatic carbocycles. The van der Waals surface area contributed by atoms with Gasteiger partial charge in [0, 0.05) is 5.92 Å². The SMILES string of the molecule is CCCC1=CCC2C(CCC3(C)C(C=O)CCC23)C1CCC. The highest BCUT2D eigenvalue weighted by molar-refractivity contribution is 5.56. The van der Waals surface area contributed by atoms with Crippen LogP contribution in [0.5, 0.6) is 0 Å². The summed E-state index contributed by atoms with van der Waals surface area (Å²) in [6.07, 6.45) is 15.6. The summed E-state index contributed by atoms with van der Waals surface area (Å²) >= 11 is 0. The molecule has 3 aliphatic rings. The summed E-state index contributed by atoms with van der Waals surface area (Å²) in [5.74, 6) is 3.77. The molecule has 0 N–H and O–H groups in total. The summed E-state index contributed by atoms with van der Waals surface area (Å²) < 4.78 is 0. The van der Waals surface area contributed by atoms with E-state index in [0.717, 1.165) is 30.1 Å². The Bertz CT molecular complexity index is 437. The van der Waals surface area contributed by atoms with E-state index in [2.05, 4.69) is 26.8 Å². The summed E-state index contributed by atoms with van der Waals surface area (Å²) in [6.45, 7) is 7.09. The number of fused-ring (bicyclic) bond motifs is 3. The molecule has 0 heterocycles. The van der Waals surface area contributed by atoms with Gasteiger partial charge in [0.05, 0.1) is 0 Å². The molecule has 0 amide bonds. The summed E-state index contributed by atoms with van der Waals surface area (Å²) in [7, 11) is 0. The van der Waals surface area contributed by atoms with Gasteiger partial charge in [-0.15, -0.1) is 0 Å². The van der Waals surface area contributed by atoms with Crippen molar-refractivity contribution in [3.63, 3.8) is 0 Å². The molecule has 2 fully saturated rings. The van der Waals surface area contributed by atoms with Gasteiger partial charge in [0.2, 0.25) is 0 Å². The van der Waals surface area contributed by atoms with Crippen molar-refractivity contribution in [1.29, 1.82) is 0 Å². The van der Waals surface area contributed by atoms with Crippen molar-refractivity contribution >= 4 is 6.29 Å². The van der Waals surface area contributed by atoms with E-state index in [9.17, 15) is 4.79 Å². The van der Waals surface area contributed by atoms with Gasteiger partial charge in [-0.3, -0.25) is 0 Å². The molecule has 3 rings (SSSR count). The first-order valence-corrected chi connectivity index (χ1v) is 9.79. The third-order valence-corrected chi connectivity index (χ3v) is 7.51. The third-order valence-electron chi connectivity index (χ3n) is 7.51. The maximum Gasteiger partial charge on any atom is 0.123 e. The van der Waals surface area contributed by atoms with Gasteiger partial charge in [0.25, 0.3) is 0 Å². The van der Waals surface area contributed by atoms with Crippen LogP contribution in [0.4, 0.5) is 0 Å². The molecule has 1 heteroatoms. The fourth-order valence-electron chi connectivity index (χ4n) is 6.42. The molecule has 6 atom stereocenters. The maximum atomic E-state index is 11.5. The van der Waals surface area contributed by atoms with Crippen LogP contribution < -0.4 is 0 Å². The zero-order valence-electron chi connectivity index (χ0n) is 14.8. The van der Waals surface area contributed by atoms with Crippen LogP contribution in [-0.2, 0) is 4.79 Å². The zero-order valence-corrected chi connectivity index (χ0v) is 14.8. The van der Waals surface area contributed by atoms with E-state index < -0.39 is 0 Å². The van der Waals surface area contributed by atoms with Gasteiger partial charge >= 0.3 is 0 Å². The molecule has 0 aromatic carbocycles. The minimum Gasteiger partial charge on any atom is -0.303 e. The van der Waals surface area contributed by atoms with Gasteiger partial charge in [-0.05, 0) is 74.0 Å². The number of aldehydes is 1. The topological polar surface area (TPSA) is 17.1 Å². The van der Waals surface area contributed by atoms with Crippen molar-refractivity contribution in [2.24, 2.45) is 35.0 Å². The Morgan fingerprint density at radius 1 is 1.18 bits per heavy atom. The number of hydrogen-bond donors (Lipinski definition) is 0. The Labute approximate surface area is 136 Å². The van der Waals surface area contributed by atoms with E-state index in [1.807, 2.05) is 0 Å². The number of carbonyl (C=O) groups excluding carboxylic acids is 1. The molecule has 1 nitrogen and oxygen atoms in total. The zero-order chi connectivity index (χ0) is 15.7. The maximum absolute atomic E-state index is 11.5. The lowest BCUT2D eigenvalue weighted by atomic mass is 9.52.